The van der Waals surface area contributed by atoms with E-state index in [2.05, 4.69) is 20.2 Å². The number of likely N-dealkylation sites (tertiary alicyclic amines) is 1. The summed E-state index contributed by atoms with van der Waals surface area (Å²) in [4.78, 5) is 11.2. The second-order valence-corrected chi connectivity index (χ2v) is 10.3. The predicted molar refractivity (Wildman–Crippen MR) is 141 cm³/mol. The van der Waals surface area contributed by atoms with E-state index >= 15 is 0 Å². The molecule has 0 radical (unpaired) electrons. The molecule has 0 saturated carbocycles. The number of halogens is 1. The Labute approximate surface area is 230 Å². The highest BCUT2D eigenvalue weighted by Gasteiger charge is 2.38. The molecule has 1 aromatic carbocycles. The summed E-state index contributed by atoms with van der Waals surface area (Å²) in [6.45, 7) is 4.84. The zero-order valence-corrected chi connectivity index (χ0v) is 22.0. The summed E-state index contributed by atoms with van der Waals surface area (Å²) < 4.78 is 40.6. The number of rotatable bonds is 8. The number of nitrogens with zero attached hydrogens (tertiary/aromatic N) is 3. The third kappa shape index (κ3) is 5.12. The van der Waals surface area contributed by atoms with Crippen LogP contribution in [0.25, 0.3) is 10.9 Å². The molecule has 7 rings (SSSR count). The van der Waals surface area contributed by atoms with E-state index in [1.165, 1.54) is 6.20 Å². The van der Waals surface area contributed by atoms with E-state index in [1.54, 1.807) is 6.20 Å². The van der Waals surface area contributed by atoms with Crippen LogP contribution >= 0.6 is 11.6 Å². The molecule has 1 N–H and O–H groups in total. The Morgan fingerprint density at radius 1 is 1.05 bits per heavy atom. The fourth-order valence-electron chi connectivity index (χ4n) is 5.39. The van der Waals surface area contributed by atoms with Gasteiger partial charge in [-0.05, 0) is 6.07 Å². The van der Waals surface area contributed by atoms with E-state index in [4.69, 9.17) is 44.8 Å². The summed E-state index contributed by atoms with van der Waals surface area (Å²) in [6, 6.07) is 5.75. The highest BCUT2D eigenvalue weighted by atomic mass is 35.5. The first-order valence-corrected chi connectivity index (χ1v) is 13.6. The Hall–Kier alpha value is -3.09. The van der Waals surface area contributed by atoms with Gasteiger partial charge in [-0.3, -0.25) is 9.88 Å². The zero-order valence-electron chi connectivity index (χ0n) is 21.3. The fraction of sp³-hybridized carbons (Fsp3) is 0.481. The predicted octanol–water partition coefficient (Wildman–Crippen LogP) is 3.75. The molecule has 39 heavy (non-hydrogen) atoms. The minimum Gasteiger partial charge on any atom is -0.492 e. The lowest BCUT2D eigenvalue weighted by molar-refractivity contribution is 0.0140. The van der Waals surface area contributed by atoms with Gasteiger partial charge in [0.2, 0.25) is 12.5 Å². The van der Waals surface area contributed by atoms with Crippen molar-refractivity contribution in [2.24, 2.45) is 0 Å². The van der Waals surface area contributed by atoms with Crippen molar-refractivity contribution in [3.05, 3.63) is 35.6 Å². The monoisotopic (exact) mass is 556 g/mol. The Balaban J connectivity index is 1.17. The van der Waals surface area contributed by atoms with E-state index in [-0.39, 0.29) is 25.1 Å². The number of hydrogen-bond donors (Lipinski definition) is 1. The van der Waals surface area contributed by atoms with Crippen LogP contribution in [0.4, 0.5) is 11.4 Å². The van der Waals surface area contributed by atoms with Crippen LogP contribution in [0.3, 0.4) is 0 Å². The Kier molecular flexibility index (Phi) is 6.91. The highest BCUT2D eigenvalue weighted by Crippen LogP contribution is 2.45. The minimum absolute atomic E-state index is 0.0276. The maximum atomic E-state index is 6.56. The van der Waals surface area contributed by atoms with Gasteiger partial charge in [0.15, 0.2) is 0 Å². The normalized spacial score (nSPS) is 22.8. The standard InChI is InChI=1S/C27H29ClN4O7/c28-18-11-30-27-26(37-15-38-27)25(18)31-19-1-4-29-20-9-17(10-21(24(19)20)39-16-2-6-33-7-3-16)34-8-5-32-12-22-23(13-32)36-14-35-22/h1,4,9-11,16,22-23H,2-3,5-8,12-15H2,(H,29,30,31). The average Bonchev–Trinajstić information content (AvgIpc) is 3.68. The van der Waals surface area contributed by atoms with Gasteiger partial charge >= 0.3 is 0 Å². The summed E-state index contributed by atoms with van der Waals surface area (Å²) in [5.41, 5.74) is 2.08. The van der Waals surface area contributed by atoms with Crippen LogP contribution in [-0.4, -0.2) is 86.2 Å². The van der Waals surface area contributed by atoms with E-state index in [0.29, 0.717) is 60.5 Å². The maximum Gasteiger partial charge on any atom is 0.262 e. The van der Waals surface area contributed by atoms with Gasteiger partial charge < -0.3 is 38.5 Å². The molecule has 4 aliphatic rings. The smallest absolute Gasteiger partial charge is 0.262 e. The second kappa shape index (κ2) is 10.8. The molecule has 6 heterocycles. The van der Waals surface area contributed by atoms with Crippen molar-refractivity contribution in [1.82, 2.24) is 14.9 Å². The topological polar surface area (TPSA) is 106 Å². The molecule has 2 aromatic heterocycles. The van der Waals surface area contributed by atoms with E-state index < -0.39 is 0 Å². The van der Waals surface area contributed by atoms with E-state index in [1.807, 2.05) is 18.2 Å². The molecule has 12 heteroatoms. The first kappa shape index (κ1) is 24.9. The lowest BCUT2D eigenvalue weighted by atomic mass is 10.1. The Bertz CT molecular complexity index is 1340. The summed E-state index contributed by atoms with van der Waals surface area (Å²) in [7, 11) is 0. The summed E-state index contributed by atoms with van der Waals surface area (Å²) in [5, 5.41) is 4.65. The number of hydrogen-bond acceptors (Lipinski definition) is 11. The molecule has 2 unspecified atom stereocenters. The van der Waals surface area contributed by atoms with E-state index in [0.717, 1.165) is 49.1 Å². The van der Waals surface area contributed by atoms with Gasteiger partial charge in [0.1, 0.15) is 48.9 Å². The first-order chi connectivity index (χ1) is 19.2. The molecular formula is C27H29ClN4O7. The summed E-state index contributed by atoms with van der Waals surface area (Å²) >= 11 is 6.51. The highest BCUT2D eigenvalue weighted by molar-refractivity contribution is 6.33. The molecule has 3 aromatic rings. The Morgan fingerprint density at radius 2 is 1.90 bits per heavy atom. The molecule has 0 bridgehead atoms. The van der Waals surface area contributed by atoms with Gasteiger partial charge in [0, 0.05) is 50.8 Å². The van der Waals surface area contributed by atoms with Crippen molar-refractivity contribution in [3.8, 4) is 23.1 Å². The molecule has 3 saturated heterocycles. The number of nitrogens with one attached hydrogen (secondary N) is 1. The van der Waals surface area contributed by atoms with Crippen molar-refractivity contribution in [2.75, 3.05) is 58.4 Å². The zero-order chi connectivity index (χ0) is 26.2. The van der Waals surface area contributed by atoms with Crippen molar-refractivity contribution in [2.45, 2.75) is 31.2 Å². The van der Waals surface area contributed by atoms with Crippen molar-refractivity contribution in [1.29, 1.82) is 0 Å². The van der Waals surface area contributed by atoms with Crippen LogP contribution < -0.4 is 24.3 Å². The largest absolute Gasteiger partial charge is 0.492 e. The van der Waals surface area contributed by atoms with Gasteiger partial charge in [-0.2, -0.15) is 0 Å². The van der Waals surface area contributed by atoms with Gasteiger partial charge in [-0.25, -0.2) is 4.98 Å². The molecule has 11 nitrogen and oxygen atoms in total. The molecular weight excluding hydrogens is 528 g/mol. The second-order valence-electron chi connectivity index (χ2n) is 9.89. The number of benzene rings is 1. The third-order valence-corrected chi connectivity index (χ3v) is 7.67. The lowest BCUT2D eigenvalue weighted by Crippen LogP contribution is -2.28. The summed E-state index contributed by atoms with van der Waals surface area (Å²) in [5.74, 6) is 2.25. The van der Waals surface area contributed by atoms with Crippen LogP contribution in [0.15, 0.2) is 30.6 Å². The van der Waals surface area contributed by atoms with Crippen molar-refractivity contribution < 1.29 is 33.2 Å². The molecule has 4 aliphatic heterocycles. The number of aromatic nitrogens is 2. The molecule has 0 aliphatic carbocycles. The van der Waals surface area contributed by atoms with E-state index in [9.17, 15) is 0 Å². The summed E-state index contributed by atoms with van der Waals surface area (Å²) in [6.07, 6.45) is 5.25. The number of ether oxygens (including phenoxy) is 7. The fourth-order valence-corrected chi connectivity index (χ4v) is 5.57. The van der Waals surface area contributed by atoms with Crippen LogP contribution in [-0.2, 0) is 14.2 Å². The Morgan fingerprint density at radius 3 is 2.74 bits per heavy atom. The molecule has 206 valence electrons. The van der Waals surface area contributed by atoms with Crippen LogP contribution in [0, 0.1) is 0 Å². The van der Waals surface area contributed by atoms with Crippen LogP contribution in [0.2, 0.25) is 5.02 Å². The van der Waals surface area contributed by atoms with Crippen molar-refractivity contribution in [3.63, 3.8) is 0 Å². The molecule has 3 fully saturated rings. The quantitative estimate of drug-likeness (QED) is 0.438. The van der Waals surface area contributed by atoms with Gasteiger partial charge in [0.05, 0.1) is 41.0 Å². The molecule has 2 atom stereocenters. The average molecular weight is 557 g/mol. The number of fused-ring (bicyclic) bond motifs is 3. The number of anilines is 2. The number of pyridine rings is 2. The third-order valence-electron chi connectivity index (χ3n) is 7.39. The van der Waals surface area contributed by atoms with Crippen LogP contribution in [0.1, 0.15) is 12.8 Å². The first-order valence-electron chi connectivity index (χ1n) is 13.2. The SMILES string of the molecule is Clc1cnc2c(c1Nc1ccnc3cc(OCCN4CC5OCOC5C4)cc(OC4CCOCC4)c13)OCO2. The van der Waals surface area contributed by atoms with Crippen molar-refractivity contribution >= 4 is 33.9 Å². The lowest BCUT2D eigenvalue weighted by Gasteiger charge is -2.25. The maximum absolute atomic E-state index is 6.56. The van der Waals surface area contributed by atoms with Gasteiger partial charge in [-0.1, -0.05) is 11.6 Å². The van der Waals surface area contributed by atoms with Gasteiger partial charge in [-0.15, -0.1) is 0 Å². The minimum atomic E-state index is 0.0276. The molecule has 0 amide bonds. The van der Waals surface area contributed by atoms with Crippen LogP contribution in [0.5, 0.6) is 23.1 Å². The van der Waals surface area contributed by atoms with Gasteiger partial charge in [0.25, 0.3) is 5.88 Å². The molecule has 0 spiro atoms.